The summed E-state index contributed by atoms with van der Waals surface area (Å²) in [5.74, 6) is 0.738. The second kappa shape index (κ2) is 4.79. The third kappa shape index (κ3) is 3.55. The Morgan fingerprint density at radius 2 is 2.12 bits per heavy atom. The predicted octanol–water partition coefficient (Wildman–Crippen LogP) is 2.55. The smallest absolute Gasteiger partial charge is 0.0283 e. The average molecular weight is 232 g/mol. The molecule has 1 fully saturated rings. The number of aryl methyl sites for hydroxylation is 1. The van der Waals surface area contributed by atoms with Crippen molar-refractivity contribution in [1.29, 1.82) is 0 Å². The summed E-state index contributed by atoms with van der Waals surface area (Å²) in [6.07, 6.45) is 2.62. The lowest BCUT2D eigenvalue weighted by Gasteiger charge is -2.30. The lowest BCUT2D eigenvalue weighted by molar-refractivity contribution is 0.232. The van der Waals surface area contributed by atoms with Crippen LogP contribution in [0.3, 0.4) is 0 Å². The van der Waals surface area contributed by atoms with Crippen molar-refractivity contribution in [3.05, 3.63) is 35.4 Å². The van der Waals surface area contributed by atoms with Gasteiger partial charge in [-0.1, -0.05) is 29.8 Å². The van der Waals surface area contributed by atoms with Crippen molar-refractivity contribution in [2.45, 2.75) is 38.8 Å². The van der Waals surface area contributed by atoms with Crippen molar-refractivity contribution in [3.8, 4) is 0 Å². The van der Waals surface area contributed by atoms with E-state index in [1.807, 2.05) is 0 Å². The summed E-state index contributed by atoms with van der Waals surface area (Å²) in [7, 11) is 2.16. The molecule has 1 unspecified atom stereocenters. The Balaban J connectivity index is 1.90. The molecule has 2 heteroatoms. The summed E-state index contributed by atoms with van der Waals surface area (Å²) in [5.41, 5.74) is 9.05. The Hall–Kier alpha value is -0.860. The molecule has 0 aliphatic heterocycles. The first-order valence-corrected chi connectivity index (χ1v) is 6.50. The predicted molar refractivity (Wildman–Crippen MR) is 72.8 cm³/mol. The molecule has 2 N–H and O–H groups in total. The molecule has 1 aromatic carbocycles. The highest BCUT2D eigenvalue weighted by Gasteiger charge is 2.38. The summed E-state index contributed by atoms with van der Waals surface area (Å²) in [5, 5.41) is 0. The maximum Gasteiger partial charge on any atom is 0.0283 e. The number of rotatable bonds is 5. The molecule has 2 rings (SSSR count). The SMILES string of the molecule is Cc1cccc(CN(C)CC(C)(N)C2CC2)c1. The van der Waals surface area contributed by atoms with E-state index in [4.69, 9.17) is 5.73 Å². The van der Waals surface area contributed by atoms with Gasteiger partial charge in [-0.25, -0.2) is 0 Å². The Labute approximate surface area is 105 Å². The molecule has 1 saturated carbocycles. The Morgan fingerprint density at radius 1 is 1.41 bits per heavy atom. The van der Waals surface area contributed by atoms with Crippen LogP contribution in [0.2, 0.25) is 0 Å². The number of hydrogen-bond donors (Lipinski definition) is 1. The fraction of sp³-hybridized carbons (Fsp3) is 0.600. The van der Waals surface area contributed by atoms with Gasteiger partial charge in [-0.05, 0) is 45.2 Å². The molecule has 1 aromatic rings. The van der Waals surface area contributed by atoms with Crippen LogP contribution in [0.5, 0.6) is 0 Å². The topological polar surface area (TPSA) is 29.3 Å². The van der Waals surface area contributed by atoms with E-state index >= 15 is 0 Å². The first-order chi connectivity index (χ1) is 7.97. The minimum absolute atomic E-state index is 0.0153. The van der Waals surface area contributed by atoms with E-state index in [2.05, 4.69) is 50.1 Å². The first kappa shape index (κ1) is 12.6. The van der Waals surface area contributed by atoms with Crippen LogP contribution in [0.4, 0.5) is 0 Å². The first-order valence-electron chi connectivity index (χ1n) is 6.50. The summed E-state index contributed by atoms with van der Waals surface area (Å²) in [6.45, 7) is 6.30. The minimum Gasteiger partial charge on any atom is -0.324 e. The van der Waals surface area contributed by atoms with Crippen LogP contribution in [0.1, 0.15) is 30.9 Å². The fourth-order valence-corrected chi connectivity index (χ4v) is 2.63. The zero-order valence-corrected chi connectivity index (χ0v) is 11.2. The molecule has 1 atom stereocenters. The van der Waals surface area contributed by atoms with Crippen LogP contribution in [-0.4, -0.2) is 24.0 Å². The summed E-state index contributed by atoms with van der Waals surface area (Å²) in [4.78, 5) is 2.34. The van der Waals surface area contributed by atoms with Gasteiger partial charge in [0.05, 0.1) is 0 Å². The fourth-order valence-electron chi connectivity index (χ4n) is 2.63. The highest BCUT2D eigenvalue weighted by atomic mass is 15.1. The number of benzene rings is 1. The largest absolute Gasteiger partial charge is 0.324 e. The van der Waals surface area contributed by atoms with E-state index in [0.717, 1.165) is 19.0 Å². The van der Waals surface area contributed by atoms with Crippen LogP contribution < -0.4 is 5.73 Å². The third-order valence-corrected chi connectivity index (χ3v) is 3.66. The van der Waals surface area contributed by atoms with Gasteiger partial charge in [0.15, 0.2) is 0 Å². The van der Waals surface area contributed by atoms with Crippen LogP contribution >= 0.6 is 0 Å². The summed E-state index contributed by atoms with van der Waals surface area (Å²) < 4.78 is 0. The monoisotopic (exact) mass is 232 g/mol. The van der Waals surface area contributed by atoms with Gasteiger partial charge in [-0.3, -0.25) is 0 Å². The highest BCUT2D eigenvalue weighted by molar-refractivity contribution is 5.22. The van der Waals surface area contributed by atoms with Crippen molar-refractivity contribution in [2.75, 3.05) is 13.6 Å². The lowest BCUT2D eigenvalue weighted by Crippen LogP contribution is -2.48. The molecule has 1 aliphatic carbocycles. The van der Waals surface area contributed by atoms with Crippen LogP contribution in [-0.2, 0) is 6.54 Å². The number of hydrogen-bond acceptors (Lipinski definition) is 2. The van der Waals surface area contributed by atoms with Crippen molar-refractivity contribution < 1.29 is 0 Å². The van der Waals surface area contributed by atoms with E-state index in [1.54, 1.807) is 0 Å². The molecule has 2 nitrogen and oxygen atoms in total. The van der Waals surface area contributed by atoms with Gasteiger partial charge < -0.3 is 10.6 Å². The van der Waals surface area contributed by atoms with Crippen LogP contribution in [0.25, 0.3) is 0 Å². The number of nitrogens with zero attached hydrogens (tertiary/aromatic N) is 1. The van der Waals surface area contributed by atoms with E-state index in [0.29, 0.717) is 0 Å². The number of nitrogens with two attached hydrogens (primary N) is 1. The molecule has 94 valence electrons. The Morgan fingerprint density at radius 3 is 2.71 bits per heavy atom. The molecule has 0 spiro atoms. The van der Waals surface area contributed by atoms with Gasteiger partial charge in [0, 0.05) is 18.6 Å². The lowest BCUT2D eigenvalue weighted by atomic mass is 9.96. The van der Waals surface area contributed by atoms with E-state index in [1.165, 1.54) is 24.0 Å². The van der Waals surface area contributed by atoms with E-state index in [9.17, 15) is 0 Å². The average Bonchev–Trinajstić information content (AvgIpc) is 2.98. The molecule has 0 aromatic heterocycles. The third-order valence-electron chi connectivity index (χ3n) is 3.66. The Bertz CT molecular complexity index is 380. The zero-order valence-electron chi connectivity index (χ0n) is 11.2. The summed E-state index contributed by atoms with van der Waals surface area (Å²) in [6, 6.07) is 8.71. The van der Waals surface area contributed by atoms with Crippen LogP contribution in [0, 0.1) is 12.8 Å². The molecule has 0 heterocycles. The van der Waals surface area contributed by atoms with Crippen molar-refractivity contribution >= 4 is 0 Å². The summed E-state index contributed by atoms with van der Waals surface area (Å²) >= 11 is 0. The van der Waals surface area contributed by atoms with Crippen LogP contribution in [0.15, 0.2) is 24.3 Å². The zero-order chi connectivity index (χ0) is 12.5. The molecular formula is C15H24N2. The molecule has 0 radical (unpaired) electrons. The van der Waals surface area contributed by atoms with Crippen molar-refractivity contribution in [1.82, 2.24) is 4.90 Å². The normalized spacial score (nSPS) is 19.4. The van der Waals surface area contributed by atoms with E-state index in [-0.39, 0.29) is 5.54 Å². The van der Waals surface area contributed by atoms with Crippen molar-refractivity contribution in [3.63, 3.8) is 0 Å². The quantitative estimate of drug-likeness (QED) is 0.845. The van der Waals surface area contributed by atoms with Gasteiger partial charge in [0.1, 0.15) is 0 Å². The maximum absolute atomic E-state index is 6.36. The minimum atomic E-state index is -0.0153. The van der Waals surface area contributed by atoms with Gasteiger partial charge in [0.2, 0.25) is 0 Å². The Kier molecular flexibility index (Phi) is 3.55. The molecule has 0 saturated heterocycles. The molecule has 1 aliphatic rings. The van der Waals surface area contributed by atoms with Gasteiger partial charge in [-0.2, -0.15) is 0 Å². The highest BCUT2D eigenvalue weighted by Crippen LogP contribution is 2.38. The van der Waals surface area contributed by atoms with Gasteiger partial charge in [-0.15, -0.1) is 0 Å². The number of likely N-dealkylation sites (N-methyl/N-ethyl adjacent to an activating group) is 1. The van der Waals surface area contributed by atoms with Gasteiger partial charge >= 0.3 is 0 Å². The standard InChI is InChI=1S/C15H24N2/c1-12-5-4-6-13(9-12)10-17(3)11-15(2,16)14-7-8-14/h4-6,9,14H,7-8,10-11,16H2,1-3H3. The van der Waals surface area contributed by atoms with Gasteiger partial charge in [0.25, 0.3) is 0 Å². The maximum atomic E-state index is 6.36. The van der Waals surface area contributed by atoms with E-state index < -0.39 is 0 Å². The second-order valence-electron chi connectivity index (χ2n) is 5.94. The molecule has 0 bridgehead atoms. The molecule has 0 amide bonds. The molecule has 17 heavy (non-hydrogen) atoms. The molecular weight excluding hydrogens is 208 g/mol. The van der Waals surface area contributed by atoms with Crippen molar-refractivity contribution in [2.24, 2.45) is 11.7 Å². The second-order valence-corrected chi connectivity index (χ2v) is 5.94.